The minimum absolute atomic E-state index is 0.0750. The van der Waals surface area contributed by atoms with Crippen molar-refractivity contribution in [1.29, 1.82) is 0 Å². The van der Waals surface area contributed by atoms with Crippen LogP contribution in [-0.4, -0.2) is 58.8 Å². The van der Waals surface area contributed by atoms with E-state index in [9.17, 15) is 4.79 Å². The smallest absolute Gasteiger partial charge is 0.317 e. The predicted octanol–water partition coefficient (Wildman–Crippen LogP) is -0.207. The Hall–Kier alpha value is -1.56. The molecule has 1 saturated heterocycles. The Labute approximate surface area is 100.0 Å². The lowest BCUT2D eigenvalue weighted by molar-refractivity contribution is 0.195. The highest BCUT2D eigenvalue weighted by molar-refractivity contribution is 5.76. The van der Waals surface area contributed by atoms with Crippen molar-refractivity contribution in [2.24, 2.45) is 0 Å². The third-order valence-electron chi connectivity index (χ3n) is 3.51. The van der Waals surface area contributed by atoms with Gasteiger partial charge in [0.05, 0.1) is 6.20 Å². The Morgan fingerprint density at radius 2 is 2.29 bits per heavy atom. The molecule has 0 radical (unpaired) electrons. The third kappa shape index (κ3) is 2.12. The van der Waals surface area contributed by atoms with Gasteiger partial charge in [0.2, 0.25) is 0 Å². The number of H-pyrrole nitrogens is 1. The first-order chi connectivity index (χ1) is 8.33. The van der Waals surface area contributed by atoms with E-state index in [2.05, 4.69) is 20.4 Å². The maximum Gasteiger partial charge on any atom is 0.317 e. The van der Waals surface area contributed by atoms with Crippen molar-refractivity contribution in [3.8, 4) is 0 Å². The molecule has 0 unspecified atom stereocenters. The number of nitrogens with one attached hydrogen (secondary N) is 2. The largest absolute Gasteiger partial charge is 0.336 e. The topological polar surface area (TPSA) is 64.3 Å². The molecule has 2 N–H and O–H groups in total. The van der Waals surface area contributed by atoms with E-state index in [1.165, 1.54) is 11.3 Å². The van der Waals surface area contributed by atoms with Crippen LogP contribution in [0.1, 0.15) is 11.3 Å². The number of rotatable bonds is 3. The molecular weight excluding hydrogens is 218 g/mol. The second kappa shape index (κ2) is 4.37. The summed E-state index contributed by atoms with van der Waals surface area (Å²) < 4.78 is 0. The summed E-state index contributed by atoms with van der Waals surface area (Å²) in [6.45, 7) is 5.37. The number of fused-ring (bicyclic) bond motifs is 1. The summed E-state index contributed by atoms with van der Waals surface area (Å²) in [5.74, 6) is 0. The van der Waals surface area contributed by atoms with Gasteiger partial charge in [0, 0.05) is 56.9 Å². The Kier molecular flexibility index (Phi) is 2.72. The van der Waals surface area contributed by atoms with Gasteiger partial charge >= 0.3 is 6.03 Å². The molecule has 0 saturated carbocycles. The Balaban J connectivity index is 1.52. The van der Waals surface area contributed by atoms with Gasteiger partial charge in [0.25, 0.3) is 0 Å². The molecule has 3 rings (SSSR count). The zero-order valence-electron chi connectivity index (χ0n) is 9.78. The summed E-state index contributed by atoms with van der Waals surface area (Å²) in [6.07, 6.45) is 2.94. The molecule has 2 aliphatic rings. The van der Waals surface area contributed by atoms with Crippen LogP contribution in [0.2, 0.25) is 0 Å². The van der Waals surface area contributed by atoms with E-state index in [0.717, 1.165) is 45.7 Å². The van der Waals surface area contributed by atoms with E-state index in [4.69, 9.17) is 0 Å². The SMILES string of the molecule is O=C1NCCN1CCN1CCc2[nH]ncc2C1. The average molecular weight is 235 g/mol. The summed E-state index contributed by atoms with van der Waals surface area (Å²) in [4.78, 5) is 15.6. The fourth-order valence-corrected chi connectivity index (χ4v) is 2.46. The molecule has 17 heavy (non-hydrogen) atoms. The van der Waals surface area contributed by atoms with Gasteiger partial charge in [-0.1, -0.05) is 0 Å². The number of hydrogen-bond acceptors (Lipinski definition) is 3. The molecule has 2 amide bonds. The van der Waals surface area contributed by atoms with Crippen molar-refractivity contribution in [1.82, 2.24) is 25.3 Å². The number of carbonyl (C=O) groups excluding carboxylic acids is 1. The van der Waals surface area contributed by atoms with Crippen LogP contribution in [0.15, 0.2) is 6.20 Å². The molecule has 6 nitrogen and oxygen atoms in total. The first-order valence-electron chi connectivity index (χ1n) is 6.09. The molecule has 0 aromatic carbocycles. The van der Waals surface area contributed by atoms with Gasteiger partial charge in [-0.05, 0) is 0 Å². The fraction of sp³-hybridized carbons (Fsp3) is 0.636. The fourth-order valence-electron chi connectivity index (χ4n) is 2.46. The molecule has 1 aromatic rings. The van der Waals surface area contributed by atoms with Crippen LogP contribution in [0.25, 0.3) is 0 Å². The Morgan fingerprint density at radius 3 is 3.12 bits per heavy atom. The van der Waals surface area contributed by atoms with E-state index in [0.29, 0.717) is 0 Å². The van der Waals surface area contributed by atoms with Crippen LogP contribution in [0.3, 0.4) is 0 Å². The molecule has 0 atom stereocenters. The maximum atomic E-state index is 11.4. The maximum absolute atomic E-state index is 11.4. The normalized spacial score (nSPS) is 20.5. The second-order valence-corrected chi connectivity index (χ2v) is 4.62. The monoisotopic (exact) mass is 235 g/mol. The number of hydrogen-bond donors (Lipinski definition) is 2. The highest BCUT2D eigenvalue weighted by Crippen LogP contribution is 2.15. The lowest BCUT2D eigenvalue weighted by atomic mass is 10.1. The van der Waals surface area contributed by atoms with Crippen molar-refractivity contribution in [3.63, 3.8) is 0 Å². The molecule has 3 heterocycles. The molecule has 1 aromatic heterocycles. The molecular formula is C11H17N5O. The zero-order chi connectivity index (χ0) is 11.7. The van der Waals surface area contributed by atoms with Crippen molar-refractivity contribution in [2.75, 3.05) is 32.7 Å². The lowest BCUT2D eigenvalue weighted by Gasteiger charge is -2.27. The number of carbonyl (C=O) groups is 1. The van der Waals surface area contributed by atoms with Crippen molar-refractivity contribution < 1.29 is 4.79 Å². The number of nitrogens with zero attached hydrogens (tertiary/aromatic N) is 3. The van der Waals surface area contributed by atoms with E-state index < -0.39 is 0 Å². The van der Waals surface area contributed by atoms with E-state index in [-0.39, 0.29) is 6.03 Å². The third-order valence-corrected chi connectivity index (χ3v) is 3.51. The molecule has 0 bridgehead atoms. The summed E-state index contributed by atoms with van der Waals surface area (Å²) in [7, 11) is 0. The van der Waals surface area contributed by atoms with Gasteiger partial charge in [-0.2, -0.15) is 5.10 Å². The van der Waals surface area contributed by atoms with E-state index >= 15 is 0 Å². The summed E-state index contributed by atoms with van der Waals surface area (Å²) in [6, 6.07) is 0.0750. The van der Waals surface area contributed by atoms with Gasteiger partial charge in [0.15, 0.2) is 0 Å². The second-order valence-electron chi connectivity index (χ2n) is 4.62. The molecule has 1 fully saturated rings. The minimum Gasteiger partial charge on any atom is -0.336 e. The molecule has 0 spiro atoms. The van der Waals surface area contributed by atoms with Gasteiger partial charge < -0.3 is 10.2 Å². The van der Waals surface area contributed by atoms with Crippen LogP contribution >= 0.6 is 0 Å². The van der Waals surface area contributed by atoms with Crippen molar-refractivity contribution in [3.05, 3.63) is 17.5 Å². The molecule has 2 aliphatic heterocycles. The highest BCUT2D eigenvalue weighted by Gasteiger charge is 2.22. The van der Waals surface area contributed by atoms with Crippen LogP contribution in [0, 0.1) is 0 Å². The minimum atomic E-state index is 0.0750. The Bertz CT molecular complexity index is 416. The van der Waals surface area contributed by atoms with Crippen molar-refractivity contribution >= 4 is 6.03 Å². The summed E-state index contributed by atoms with van der Waals surface area (Å²) in [5, 5.41) is 9.92. The predicted molar refractivity (Wildman–Crippen MR) is 62.5 cm³/mol. The van der Waals surface area contributed by atoms with Crippen LogP contribution in [0.5, 0.6) is 0 Å². The van der Waals surface area contributed by atoms with E-state index in [1.54, 1.807) is 0 Å². The van der Waals surface area contributed by atoms with Crippen LogP contribution < -0.4 is 5.32 Å². The molecule has 6 heteroatoms. The van der Waals surface area contributed by atoms with Gasteiger partial charge in [-0.25, -0.2) is 4.79 Å². The molecule has 92 valence electrons. The highest BCUT2D eigenvalue weighted by atomic mass is 16.2. The van der Waals surface area contributed by atoms with Gasteiger partial charge in [-0.15, -0.1) is 0 Å². The summed E-state index contributed by atoms with van der Waals surface area (Å²) in [5.41, 5.74) is 2.56. The standard InChI is InChI=1S/C11H17N5O/c17-11-12-2-4-16(11)6-5-15-3-1-10-9(8-15)7-13-14-10/h7H,1-6,8H2,(H,12,17)(H,13,14). The first kappa shape index (κ1) is 10.6. The van der Waals surface area contributed by atoms with Crippen LogP contribution in [-0.2, 0) is 13.0 Å². The van der Waals surface area contributed by atoms with E-state index in [1.807, 2.05) is 11.1 Å². The number of amides is 2. The number of urea groups is 1. The quantitative estimate of drug-likeness (QED) is 0.762. The Morgan fingerprint density at radius 1 is 1.35 bits per heavy atom. The summed E-state index contributed by atoms with van der Waals surface area (Å²) >= 11 is 0. The van der Waals surface area contributed by atoms with Crippen molar-refractivity contribution in [2.45, 2.75) is 13.0 Å². The van der Waals surface area contributed by atoms with Gasteiger partial charge in [-0.3, -0.25) is 10.00 Å². The lowest BCUT2D eigenvalue weighted by Crippen LogP contribution is -2.39. The zero-order valence-corrected chi connectivity index (χ0v) is 9.78. The van der Waals surface area contributed by atoms with Gasteiger partial charge in [0.1, 0.15) is 0 Å². The number of aromatic nitrogens is 2. The average Bonchev–Trinajstić information content (AvgIpc) is 2.94. The molecule has 0 aliphatic carbocycles. The van der Waals surface area contributed by atoms with Crippen LogP contribution in [0.4, 0.5) is 4.79 Å². The first-order valence-corrected chi connectivity index (χ1v) is 6.09. The number of aromatic amines is 1.